The Morgan fingerprint density at radius 1 is 1.25 bits per heavy atom. The van der Waals surface area contributed by atoms with E-state index >= 15 is 0 Å². The summed E-state index contributed by atoms with van der Waals surface area (Å²) in [6.07, 6.45) is -0.597. The van der Waals surface area contributed by atoms with Crippen LogP contribution in [0.5, 0.6) is 5.75 Å². The molecule has 1 aliphatic rings. The number of pyridine rings is 1. The maximum Gasteiger partial charge on any atom is 0.126 e. The van der Waals surface area contributed by atoms with E-state index in [1.54, 1.807) is 0 Å². The fraction of sp³-hybridized carbons (Fsp3) is 0.438. The van der Waals surface area contributed by atoms with Crippen molar-refractivity contribution in [1.29, 1.82) is 0 Å². The van der Waals surface area contributed by atoms with Crippen LogP contribution in [-0.4, -0.2) is 20.5 Å². The summed E-state index contributed by atoms with van der Waals surface area (Å²) in [6, 6.07) is 6.00. The second-order valence-electron chi connectivity index (χ2n) is 6.04. The van der Waals surface area contributed by atoms with Crippen LogP contribution in [0.2, 0.25) is 0 Å². The zero-order valence-corrected chi connectivity index (χ0v) is 13.7. The number of benzene rings is 1. The normalized spacial score (nSPS) is 24.3. The van der Waals surface area contributed by atoms with Gasteiger partial charge in [0, 0.05) is 16.6 Å². The van der Waals surface area contributed by atoms with Crippen molar-refractivity contribution in [2.75, 3.05) is 0 Å². The highest BCUT2D eigenvalue weighted by Crippen LogP contribution is 2.44. The van der Waals surface area contributed by atoms with E-state index in [0.29, 0.717) is 0 Å². The van der Waals surface area contributed by atoms with Crippen molar-refractivity contribution in [3.05, 3.63) is 35.0 Å². The summed E-state index contributed by atoms with van der Waals surface area (Å²) in [5.74, 6) is 0.749. The van der Waals surface area contributed by atoms with E-state index in [9.17, 15) is 5.11 Å². The molecular formula is C16H18BrNO2. The molecule has 0 fully saturated rings. The van der Waals surface area contributed by atoms with Crippen LogP contribution >= 0.6 is 15.9 Å². The van der Waals surface area contributed by atoms with Gasteiger partial charge in [0.05, 0.1) is 16.4 Å². The molecule has 1 aliphatic heterocycles. The number of hydrogen-bond acceptors (Lipinski definition) is 3. The Balaban J connectivity index is 2.27. The van der Waals surface area contributed by atoms with Crippen LogP contribution in [0.1, 0.15) is 36.8 Å². The zero-order chi connectivity index (χ0) is 14.7. The minimum absolute atomic E-state index is 0.147. The van der Waals surface area contributed by atoms with E-state index in [0.717, 1.165) is 27.9 Å². The molecule has 0 spiro atoms. The van der Waals surface area contributed by atoms with Crippen LogP contribution in [0, 0.1) is 13.8 Å². The Morgan fingerprint density at radius 3 is 2.65 bits per heavy atom. The molecule has 0 amide bonds. The Morgan fingerprint density at radius 2 is 1.95 bits per heavy atom. The predicted molar refractivity (Wildman–Crippen MR) is 83.6 cm³/mol. The van der Waals surface area contributed by atoms with Crippen LogP contribution in [0.4, 0.5) is 0 Å². The quantitative estimate of drug-likeness (QED) is 0.744. The van der Waals surface area contributed by atoms with Gasteiger partial charge in [-0.25, -0.2) is 0 Å². The van der Waals surface area contributed by atoms with E-state index in [1.165, 1.54) is 5.56 Å². The van der Waals surface area contributed by atoms with Crippen LogP contribution in [0.25, 0.3) is 10.9 Å². The summed E-state index contributed by atoms with van der Waals surface area (Å²) < 4.78 is 6.06. The molecule has 2 aromatic rings. The first kappa shape index (κ1) is 13.8. The molecule has 106 valence electrons. The summed E-state index contributed by atoms with van der Waals surface area (Å²) in [7, 11) is 0. The third kappa shape index (κ3) is 2.02. The summed E-state index contributed by atoms with van der Waals surface area (Å²) in [5.41, 5.74) is 3.41. The molecule has 0 bridgehead atoms. The number of alkyl halides is 1. The SMILES string of the molecule is Cc1cc(C)c2cc3c(cc2n1)[C@@H](O)[C@H](Br)C(C)(C)O3. The van der Waals surface area contributed by atoms with Crippen molar-refractivity contribution in [2.24, 2.45) is 0 Å². The van der Waals surface area contributed by atoms with E-state index in [-0.39, 0.29) is 4.83 Å². The number of nitrogens with zero attached hydrogens (tertiary/aromatic N) is 1. The lowest BCUT2D eigenvalue weighted by Crippen LogP contribution is -2.45. The first-order chi connectivity index (χ1) is 9.29. The minimum Gasteiger partial charge on any atom is -0.486 e. The molecule has 0 saturated carbocycles. The number of rotatable bonds is 0. The largest absolute Gasteiger partial charge is 0.486 e. The fourth-order valence-electron chi connectivity index (χ4n) is 2.80. The third-order valence-corrected chi connectivity index (χ3v) is 5.51. The molecule has 0 radical (unpaired) electrons. The van der Waals surface area contributed by atoms with E-state index in [1.807, 2.05) is 32.9 Å². The Labute approximate surface area is 127 Å². The van der Waals surface area contributed by atoms with E-state index in [2.05, 4.69) is 33.9 Å². The Kier molecular flexibility index (Phi) is 3.07. The van der Waals surface area contributed by atoms with Crippen LogP contribution < -0.4 is 4.74 Å². The number of hydrogen-bond donors (Lipinski definition) is 1. The number of aromatic nitrogens is 1. The standard InChI is InChI=1S/C16H18BrNO2/c1-8-5-9(2)18-12-6-11-13(7-10(8)12)20-16(3,4)15(17)14(11)19/h5-7,14-15,19H,1-4H3/t14-,15+/m1/s1. The molecule has 3 nitrogen and oxygen atoms in total. The molecule has 0 aliphatic carbocycles. The summed E-state index contributed by atoms with van der Waals surface area (Å²) in [4.78, 5) is 4.41. The molecule has 20 heavy (non-hydrogen) atoms. The molecule has 3 rings (SSSR count). The lowest BCUT2D eigenvalue weighted by molar-refractivity contribution is 0.0228. The van der Waals surface area contributed by atoms with Crippen LogP contribution in [0.3, 0.4) is 0 Å². The van der Waals surface area contributed by atoms with Crippen molar-refractivity contribution in [2.45, 2.75) is 44.2 Å². The van der Waals surface area contributed by atoms with Crippen LogP contribution in [-0.2, 0) is 0 Å². The fourth-order valence-corrected chi connectivity index (χ4v) is 3.18. The van der Waals surface area contributed by atoms with Gasteiger partial charge in [-0.15, -0.1) is 0 Å². The van der Waals surface area contributed by atoms with Gasteiger partial charge in [0.15, 0.2) is 0 Å². The number of aryl methyl sites for hydroxylation is 2. The lowest BCUT2D eigenvalue weighted by Gasteiger charge is -2.40. The first-order valence-electron chi connectivity index (χ1n) is 6.72. The average Bonchev–Trinajstić information content (AvgIpc) is 2.35. The number of halogens is 1. The van der Waals surface area contributed by atoms with E-state index in [4.69, 9.17) is 4.74 Å². The van der Waals surface area contributed by atoms with Gasteiger partial charge in [-0.1, -0.05) is 15.9 Å². The topological polar surface area (TPSA) is 42.4 Å². The van der Waals surface area contributed by atoms with Crippen molar-refractivity contribution in [3.8, 4) is 5.75 Å². The van der Waals surface area contributed by atoms with Gasteiger partial charge in [-0.05, 0) is 51.5 Å². The minimum atomic E-state index is -0.597. The summed E-state index contributed by atoms with van der Waals surface area (Å²) in [5, 5.41) is 11.6. The molecule has 1 aromatic carbocycles. The molecular weight excluding hydrogens is 318 g/mol. The molecule has 0 saturated heterocycles. The molecule has 2 heterocycles. The third-order valence-electron chi connectivity index (χ3n) is 3.91. The van der Waals surface area contributed by atoms with Crippen molar-refractivity contribution < 1.29 is 9.84 Å². The molecule has 4 heteroatoms. The van der Waals surface area contributed by atoms with Crippen molar-refractivity contribution >= 4 is 26.8 Å². The maximum absolute atomic E-state index is 10.5. The van der Waals surface area contributed by atoms with Gasteiger partial charge in [0.1, 0.15) is 11.4 Å². The van der Waals surface area contributed by atoms with Gasteiger partial charge < -0.3 is 9.84 Å². The van der Waals surface area contributed by atoms with E-state index < -0.39 is 11.7 Å². The van der Waals surface area contributed by atoms with Crippen molar-refractivity contribution in [3.63, 3.8) is 0 Å². The highest BCUT2D eigenvalue weighted by Gasteiger charge is 2.41. The summed E-state index contributed by atoms with van der Waals surface area (Å²) in [6.45, 7) is 8.00. The van der Waals surface area contributed by atoms with Crippen molar-refractivity contribution in [1.82, 2.24) is 4.98 Å². The second kappa shape index (κ2) is 4.43. The predicted octanol–water partition coefficient (Wildman–Crippen LogP) is 3.82. The molecule has 1 aromatic heterocycles. The number of ether oxygens (including phenoxy) is 1. The second-order valence-corrected chi connectivity index (χ2v) is 7.03. The number of fused-ring (bicyclic) bond motifs is 2. The van der Waals surface area contributed by atoms with Gasteiger partial charge in [0.2, 0.25) is 0 Å². The highest BCUT2D eigenvalue weighted by atomic mass is 79.9. The van der Waals surface area contributed by atoms with Crippen LogP contribution in [0.15, 0.2) is 18.2 Å². The highest BCUT2D eigenvalue weighted by molar-refractivity contribution is 9.09. The summed E-state index contributed by atoms with van der Waals surface area (Å²) >= 11 is 3.54. The Bertz CT molecular complexity index is 696. The average molecular weight is 336 g/mol. The molecule has 0 unspecified atom stereocenters. The first-order valence-corrected chi connectivity index (χ1v) is 7.64. The number of aliphatic hydroxyl groups is 1. The molecule has 1 N–H and O–H groups in total. The monoisotopic (exact) mass is 335 g/mol. The zero-order valence-electron chi connectivity index (χ0n) is 12.1. The maximum atomic E-state index is 10.5. The van der Waals surface area contributed by atoms with Gasteiger partial charge in [-0.2, -0.15) is 0 Å². The molecule has 2 atom stereocenters. The van der Waals surface area contributed by atoms with Gasteiger partial charge >= 0.3 is 0 Å². The lowest BCUT2D eigenvalue weighted by atomic mass is 9.90. The van der Waals surface area contributed by atoms with Gasteiger partial charge in [-0.3, -0.25) is 4.98 Å². The van der Waals surface area contributed by atoms with Gasteiger partial charge in [0.25, 0.3) is 0 Å². The smallest absolute Gasteiger partial charge is 0.126 e. The number of aliphatic hydroxyl groups excluding tert-OH is 1. The Hall–Kier alpha value is -1.13.